The number of amides is 2. The van der Waals surface area contributed by atoms with Crippen LogP contribution in [0.15, 0.2) is 30.6 Å². The van der Waals surface area contributed by atoms with Gasteiger partial charge >= 0.3 is 6.03 Å². The molecule has 1 unspecified atom stereocenters. The molecule has 1 atom stereocenters. The van der Waals surface area contributed by atoms with Crippen LogP contribution in [0.25, 0.3) is 0 Å². The van der Waals surface area contributed by atoms with Crippen molar-refractivity contribution in [1.82, 2.24) is 20.2 Å². The summed E-state index contributed by atoms with van der Waals surface area (Å²) in [5.74, 6) is 0. The third-order valence-corrected chi connectivity index (χ3v) is 4.65. The molecule has 0 radical (unpaired) electrons. The highest BCUT2D eigenvalue weighted by Gasteiger charge is 2.23. The predicted molar refractivity (Wildman–Crippen MR) is 93.6 cm³/mol. The molecule has 1 aliphatic heterocycles. The Bertz CT molecular complexity index is 744. The molecule has 5 heteroatoms. The highest BCUT2D eigenvalue weighted by Crippen LogP contribution is 2.21. The molecule has 0 aliphatic carbocycles. The van der Waals surface area contributed by atoms with E-state index in [1.54, 1.807) is 12.4 Å². The number of fused-ring (bicyclic) bond motifs is 1. The maximum atomic E-state index is 12.6. The number of hydrogen-bond donors (Lipinski definition) is 1. The van der Waals surface area contributed by atoms with Crippen molar-refractivity contribution >= 4 is 6.03 Å². The van der Waals surface area contributed by atoms with Crippen LogP contribution in [0.4, 0.5) is 4.79 Å². The minimum atomic E-state index is -0.157. The van der Waals surface area contributed by atoms with Gasteiger partial charge in [-0.1, -0.05) is 25.1 Å². The summed E-state index contributed by atoms with van der Waals surface area (Å²) in [4.78, 5) is 23.0. The molecule has 0 saturated carbocycles. The first-order valence-electron chi connectivity index (χ1n) is 8.52. The minimum absolute atomic E-state index is 0.0437. The molecule has 1 aromatic carbocycles. The average molecular weight is 324 g/mol. The standard InChI is InChI=1S/C19H24N4O/c1-4-15-5-6-17-12-23(10-7-16(17)11-15)19(24)22-14(3)18-13(2)20-8-9-21-18/h5-6,8-9,11,14H,4,7,10,12H2,1-3H3,(H,22,24). The van der Waals surface area contributed by atoms with Crippen molar-refractivity contribution in [3.63, 3.8) is 0 Å². The lowest BCUT2D eigenvalue weighted by Gasteiger charge is -2.30. The first kappa shape index (κ1) is 16.4. The number of carbonyl (C=O) groups is 1. The Morgan fingerprint density at radius 2 is 2.08 bits per heavy atom. The van der Waals surface area contributed by atoms with E-state index in [-0.39, 0.29) is 12.1 Å². The van der Waals surface area contributed by atoms with E-state index < -0.39 is 0 Å². The Morgan fingerprint density at radius 3 is 2.83 bits per heavy atom. The smallest absolute Gasteiger partial charge is 0.318 e. The van der Waals surface area contributed by atoms with Gasteiger partial charge in [-0.2, -0.15) is 0 Å². The number of hydrogen-bond acceptors (Lipinski definition) is 3. The first-order valence-corrected chi connectivity index (χ1v) is 8.52. The second-order valence-electron chi connectivity index (χ2n) is 6.33. The zero-order valence-electron chi connectivity index (χ0n) is 14.5. The van der Waals surface area contributed by atoms with E-state index in [0.29, 0.717) is 6.54 Å². The van der Waals surface area contributed by atoms with Crippen LogP contribution in [0.3, 0.4) is 0 Å². The number of benzene rings is 1. The van der Waals surface area contributed by atoms with Gasteiger partial charge in [-0.05, 0) is 43.4 Å². The summed E-state index contributed by atoms with van der Waals surface area (Å²) in [5.41, 5.74) is 5.64. The van der Waals surface area contributed by atoms with Gasteiger partial charge in [0.15, 0.2) is 0 Å². The molecule has 126 valence electrons. The van der Waals surface area contributed by atoms with Gasteiger partial charge in [0, 0.05) is 25.5 Å². The third kappa shape index (κ3) is 3.40. The second kappa shape index (κ2) is 6.99. The van der Waals surface area contributed by atoms with Gasteiger partial charge in [0.2, 0.25) is 0 Å². The summed E-state index contributed by atoms with van der Waals surface area (Å²) in [5, 5.41) is 3.04. The molecule has 2 aromatic rings. The maximum absolute atomic E-state index is 12.6. The third-order valence-electron chi connectivity index (χ3n) is 4.65. The summed E-state index contributed by atoms with van der Waals surface area (Å²) >= 11 is 0. The molecular weight excluding hydrogens is 300 g/mol. The van der Waals surface area contributed by atoms with Gasteiger partial charge in [0.05, 0.1) is 17.4 Å². The van der Waals surface area contributed by atoms with Crippen LogP contribution in [0.2, 0.25) is 0 Å². The number of rotatable bonds is 3. The molecule has 0 saturated heterocycles. The molecule has 0 fully saturated rings. The molecule has 5 nitrogen and oxygen atoms in total. The van der Waals surface area contributed by atoms with Crippen molar-refractivity contribution in [3.05, 3.63) is 58.7 Å². The Balaban J connectivity index is 1.67. The van der Waals surface area contributed by atoms with E-state index in [9.17, 15) is 4.79 Å². The molecule has 1 aromatic heterocycles. The lowest BCUT2D eigenvalue weighted by molar-refractivity contribution is 0.189. The van der Waals surface area contributed by atoms with Crippen LogP contribution in [-0.2, 0) is 19.4 Å². The molecule has 0 bridgehead atoms. The molecule has 2 heterocycles. The van der Waals surface area contributed by atoms with Crippen LogP contribution in [0.5, 0.6) is 0 Å². The number of nitrogens with zero attached hydrogens (tertiary/aromatic N) is 3. The highest BCUT2D eigenvalue weighted by atomic mass is 16.2. The zero-order valence-corrected chi connectivity index (χ0v) is 14.5. The number of aromatic nitrogens is 2. The van der Waals surface area contributed by atoms with E-state index in [4.69, 9.17) is 0 Å². The molecule has 1 N–H and O–H groups in total. The van der Waals surface area contributed by atoms with Gasteiger partial charge in [0.25, 0.3) is 0 Å². The first-order chi connectivity index (χ1) is 11.6. The van der Waals surface area contributed by atoms with Crippen LogP contribution in [0, 0.1) is 6.92 Å². The average Bonchev–Trinajstić information content (AvgIpc) is 2.61. The van der Waals surface area contributed by atoms with Gasteiger partial charge < -0.3 is 10.2 Å². The van der Waals surface area contributed by atoms with Crippen molar-refractivity contribution in [2.75, 3.05) is 6.54 Å². The maximum Gasteiger partial charge on any atom is 0.318 e. The van der Waals surface area contributed by atoms with Gasteiger partial charge in [-0.15, -0.1) is 0 Å². The fourth-order valence-electron chi connectivity index (χ4n) is 3.19. The van der Waals surface area contributed by atoms with E-state index in [0.717, 1.165) is 30.8 Å². The van der Waals surface area contributed by atoms with E-state index in [2.05, 4.69) is 40.4 Å². The quantitative estimate of drug-likeness (QED) is 0.943. The Hall–Kier alpha value is -2.43. The largest absolute Gasteiger partial charge is 0.330 e. The number of urea groups is 1. The lowest BCUT2D eigenvalue weighted by atomic mass is 9.97. The van der Waals surface area contributed by atoms with Gasteiger partial charge in [-0.3, -0.25) is 9.97 Å². The fourth-order valence-corrected chi connectivity index (χ4v) is 3.19. The Labute approximate surface area is 143 Å². The molecule has 24 heavy (non-hydrogen) atoms. The summed E-state index contributed by atoms with van der Waals surface area (Å²) in [6.07, 6.45) is 5.29. The zero-order chi connectivity index (χ0) is 17.1. The molecule has 0 spiro atoms. The van der Waals surface area contributed by atoms with E-state index >= 15 is 0 Å². The molecule has 3 rings (SSSR count). The van der Waals surface area contributed by atoms with Crippen molar-refractivity contribution in [2.45, 2.75) is 46.2 Å². The topological polar surface area (TPSA) is 58.1 Å². The van der Waals surface area contributed by atoms with Crippen molar-refractivity contribution in [3.8, 4) is 0 Å². The van der Waals surface area contributed by atoms with E-state index in [1.165, 1.54) is 16.7 Å². The molecule has 2 amide bonds. The highest BCUT2D eigenvalue weighted by molar-refractivity contribution is 5.75. The summed E-state index contributed by atoms with van der Waals surface area (Å²) in [6, 6.07) is 6.39. The number of aryl methyl sites for hydroxylation is 2. The summed E-state index contributed by atoms with van der Waals surface area (Å²) < 4.78 is 0. The normalized spacial score (nSPS) is 14.9. The van der Waals surface area contributed by atoms with Crippen molar-refractivity contribution in [2.24, 2.45) is 0 Å². The summed E-state index contributed by atoms with van der Waals surface area (Å²) in [7, 11) is 0. The fraction of sp³-hybridized carbons (Fsp3) is 0.421. The monoisotopic (exact) mass is 324 g/mol. The Kier molecular flexibility index (Phi) is 4.79. The van der Waals surface area contributed by atoms with Crippen LogP contribution in [-0.4, -0.2) is 27.4 Å². The SMILES string of the molecule is CCc1ccc2c(c1)CCN(C(=O)NC(C)c1nccnc1C)C2. The van der Waals surface area contributed by atoms with Gasteiger partial charge in [0.1, 0.15) is 0 Å². The van der Waals surface area contributed by atoms with Gasteiger partial charge in [-0.25, -0.2) is 4.79 Å². The van der Waals surface area contributed by atoms with Crippen molar-refractivity contribution < 1.29 is 4.79 Å². The van der Waals surface area contributed by atoms with E-state index in [1.807, 2.05) is 18.7 Å². The second-order valence-corrected chi connectivity index (χ2v) is 6.33. The van der Waals surface area contributed by atoms with Crippen molar-refractivity contribution in [1.29, 1.82) is 0 Å². The number of nitrogens with one attached hydrogen (secondary N) is 1. The molecular formula is C19H24N4O. The summed E-state index contributed by atoms with van der Waals surface area (Å²) in [6.45, 7) is 7.43. The molecule has 1 aliphatic rings. The van der Waals surface area contributed by atoms with Crippen LogP contribution < -0.4 is 5.32 Å². The predicted octanol–water partition coefficient (Wildman–Crippen LogP) is 3.18. The van der Waals surface area contributed by atoms with Crippen LogP contribution >= 0.6 is 0 Å². The lowest BCUT2D eigenvalue weighted by Crippen LogP contribution is -2.43. The Morgan fingerprint density at radius 1 is 1.29 bits per heavy atom. The number of carbonyl (C=O) groups excluding carboxylic acids is 1. The minimum Gasteiger partial charge on any atom is -0.330 e. The van der Waals surface area contributed by atoms with Crippen LogP contribution in [0.1, 0.15) is 48.0 Å².